The minimum Gasteiger partial charge on any atom is -0.456 e. The van der Waals surface area contributed by atoms with E-state index in [1.807, 2.05) is 85.5 Å². The van der Waals surface area contributed by atoms with Gasteiger partial charge in [-0.25, -0.2) is 9.97 Å². The van der Waals surface area contributed by atoms with Crippen molar-refractivity contribution >= 4 is 123 Å². The molecule has 18 rings (SSSR count). The molecule has 0 aliphatic heterocycles. The summed E-state index contributed by atoms with van der Waals surface area (Å²) in [5, 5.41) is 8.00. The summed E-state index contributed by atoms with van der Waals surface area (Å²) in [6.07, 6.45) is 7.63. The Labute approximate surface area is 540 Å². The third-order valence-electron chi connectivity index (χ3n) is 17.2. The Morgan fingerprint density at radius 3 is 1.45 bits per heavy atom. The third kappa shape index (κ3) is 9.65. The van der Waals surface area contributed by atoms with Crippen molar-refractivity contribution in [2.24, 2.45) is 0 Å². The molecular formula is C80H48N8O3S2. The van der Waals surface area contributed by atoms with E-state index in [1.165, 1.54) is 23.1 Å². The number of hydrogen-bond donors (Lipinski definition) is 0. The first-order valence-electron chi connectivity index (χ1n) is 30.4. The van der Waals surface area contributed by atoms with Crippen molar-refractivity contribution < 1.29 is 13.3 Å². The van der Waals surface area contributed by atoms with Crippen molar-refractivity contribution in [2.45, 2.75) is 0 Å². The van der Waals surface area contributed by atoms with E-state index < -0.39 is 0 Å². The number of benzene rings is 11. The van der Waals surface area contributed by atoms with E-state index >= 15 is 0 Å². The van der Waals surface area contributed by atoms with Gasteiger partial charge >= 0.3 is 0 Å². The third-order valence-corrected chi connectivity index (χ3v) is 18.7. The molecule has 0 unspecified atom stereocenters. The molecule has 13 heteroatoms. The number of aromatic nitrogens is 6. The van der Waals surface area contributed by atoms with Gasteiger partial charge in [-0.3, -0.25) is 9.97 Å². The lowest BCUT2D eigenvalue weighted by molar-refractivity contribution is 0.668. The van der Waals surface area contributed by atoms with Crippen molar-refractivity contribution in [1.82, 2.24) is 28.7 Å². The number of nitrogens with zero attached hydrogens (tertiary/aromatic N) is 8. The van der Waals surface area contributed by atoms with Gasteiger partial charge in [-0.1, -0.05) is 146 Å². The number of furan rings is 3. The normalized spacial score (nSPS) is 11.7. The van der Waals surface area contributed by atoms with Gasteiger partial charge in [0.25, 0.3) is 0 Å². The van der Waals surface area contributed by atoms with Crippen LogP contribution in [-0.2, 0) is 0 Å². The molecule has 0 spiro atoms. The number of pyridine rings is 2. The van der Waals surface area contributed by atoms with E-state index in [1.54, 1.807) is 0 Å². The lowest BCUT2D eigenvalue weighted by Gasteiger charge is -2.26. The summed E-state index contributed by atoms with van der Waals surface area (Å²) < 4.78 is 29.1. The summed E-state index contributed by atoms with van der Waals surface area (Å²) in [4.78, 5) is 24.1. The first-order chi connectivity index (χ1) is 46.0. The highest BCUT2D eigenvalue weighted by atomic mass is 32.1. The van der Waals surface area contributed by atoms with Crippen LogP contribution in [0.4, 0.5) is 34.1 Å². The van der Waals surface area contributed by atoms with E-state index in [9.17, 15) is 0 Å². The van der Waals surface area contributed by atoms with E-state index in [2.05, 4.69) is 216 Å². The van der Waals surface area contributed by atoms with E-state index in [0.717, 1.165) is 166 Å². The maximum atomic E-state index is 6.86. The van der Waals surface area contributed by atoms with E-state index in [4.69, 9.17) is 41.9 Å². The van der Waals surface area contributed by atoms with Crippen LogP contribution in [0.25, 0.3) is 143 Å². The molecule has 0 saturated carbocycles. The zero-order chi connectivity index (χ0) is 61.3. The molecule has 11 aromatic carbocycles. The van der Waals surface area contributed by atoms with Crippen LogP contribution < -0.4 is 9.80 Å². The Kier molecular flexibility index (Phi) is 13.0. The van der Waals surface area contributed by atoms with Crippen LogP contribution in [0.15, 0.2) is 305 Å². The summed E-state index contributed by atoms with van der Waals surface area (Å²) in [7, 11) is 0. The molecular weight excluding hydrogens is 1190 g/mol. The van der Waals surface area contributed by atoms with Gasteiger partial charge in [0.2, 0.25) is 0 Å². The van der Waals surface area contributed by atoms with Crippen LogP contribution in [0.3, 0.4) is 0 Å². The Morgan fingerprint density at radius 1 is 0.269 bits per heavy atom. The predicted molar refractivity (Wildman–Crippen MR) is 378 cm³/mol. The van der Waals surface area contributed by atoms with Crippen molar-refractivity contribution in [1.29, 1.82) is 0 Å². The standard InChI is InChI=1S/C80H48N8O3S2/c1-3-13-49(14-4-1)56-41-61(47-81-45-56)87(59-35-29-52(30-36-59)77-83-79(92-85-77)55-33-39-65-63-17-7-9-23-71(63)89-74(65)44-55)62-42-57(46-82-48-62)51-27-25-50(26-28-51)54-34-40-73-69(43-54)67-20-12-22-70(76(67)91-73)88(58-15-5-2-6-16-58)60-37-31-53(32-38-60)78-84-80(93-86-78)68-21-11-19-66-64-18-8-10-24-72(64)90-75(66)68/h1-48H. The monoisotopic (exact) mass is 1230 g/mol. The topological polar surface area (TPSA) is 123 Å². The van der Waals surface area contributed by atoms with Crippen molar-refractivity contribution in [3.8, 4) is 77.3 Å². The molecule has 0 aliphatic carbocycles. The van der Waals surface area contributed by atoms with Crippen LogP contribution in [0, 0.1) is 0 Å². The molecule has 0 amide bonds. The van der Waals surface area contributed by atoms with Gasteiger partial charge in [0.05, 0.1) is 35.0 Å². The second-order valence-corrected chi connectivity index (χ2v) is 24.3. The number of rotatable bonds is 13. The number of para-hydroxylation sites is 5. The lowest BCUT2D eigenvalue weighted by Crippen LogP contribution is -2.11. The molecule has 18 aromatic rings. The Hall–Kier alpha value is -12.2. The molecule has 0 aliphatic rings. The molecule has 0 N–H and O–H groups in total. The van der Waals surface area contributed by atoms with Crippen LogP contribution >= 0.6 is 23.1 Å². The van der Waals surface area contributed by atoms with Crippen LogP contribution in [0.1, 0.15) is 0 Å². The minimum absolute atomic E-state index is 0.658. The fourth-order valence-electron chi connectivity index (χ4n) is 12.7. The Balaban J connectivity index is 0.633. The van der Waals surface area contributed by atoms with Crippen molar-refractivity contribution in [3.63, 3.8) is 0 Å². The van der Waals surface area contributed by atoms with Crippen molar-refractivity contribution in [3.05, 3.63) is 292 Å². The van der Waals surface area contributed by atoms with Crippen molar-refractivity contribution in [2.75, 3.05) is 9.80 Å². The molecule has 7 aromatic heterocycles. The number of hydrogen-bond acceptors (Lipinski definition) is 13. The predicted octanol–water partition coefficient (Wildman–Crippen LogP) is 22.5. The highest BCUT2D eigenvalue weighted by molar-refractivity contribution is 7.09. The zero-order valence-electron chi connectivity index (χ0n) is 49.3. The van der Waals surface area contributed by atoms with Gasteiger partial charge in [-0.2, -0.15) is 8.75 Å². The van der Waals surface area contributed by atoms with Gasteiger partial charge < -0.3 is 23.1 Å². The van der Waals surface area contributed by atoms with Crippen LogP contribution in [-0.4, -0.2) is 28.7 Å². The summed E-state index contributed by atoms with van der Waals surface area (Å²) in [6.45, 7) is 0. The molecule has 0 bridgehead atoms. The second-order valence-electron chi connectivity index (χ2n) is 22.8. The minimum atomic E-state index is 0.658. The first kappa shape index (κ1) is 53.8. The Morgan fingerprint density at radius 2 is 0.753 bits per heavy atom. The zero-order valence-corrected chi connectivity index (χ0v) is 51.0. The largest absolute Gasteiger partial charge is 0.456 e. The maximum absolute atomic E-state index is 6.86. The number of fused-ring (bicyclic) bond motifs is 9. The molecule has 0 radical (unpaired) electrons. The van der Waals surface area contributed by atoms with E-state index in [0.29, 0.717) is 11.6 Å². The average Bonchev–Trinajstić information content (AvgIpc) is 1.72. The van der Waals surface area contributed by atoms with E-state index in [-0.39, 0.29) is 0 Å². The summed E-state index contributed by atoms with van der Waals surface area (Å²) in [5.41, 5.74) is 20.5. The highest BCUT2D eigenvalue weighted by Crippen LogP contribution is 2.45. The average molecular weight is 1230 g/mol. The van der Waals surface area contributed by atoms with Gasteiger partial charge in [-0.05, 0) is 167 Å². The molecule has 7 heterocycles. The van der Waals surface area contributed by atoms with Gasteiger partial charge in [-0.15, -0.1) is 0 Å². The summed E-state index contributed by atoms with van der Waals surface area (Å²) >= 11 is 2.75. The molecule has 438 valence electrons. The first-order valence-corrected chi connectivity index (χ1v) is 32.0. The molecule has 0 fully saturated rings. The second kappa shape index (κ2) is 22.4. The molecule has 11 nitrogen and oxygen atoms in total. The lowest BCUT2D eigenvalue weighted by atomic mass is 9.99. The quantitative estimate of drug-likeness (QED) is 0.110. The van der Waals surface area contributed by atoms with Crippen LogP contribution in [0.5, 0.6) is 0 Å². The maximum Gasteiger partial charge on any atom is 0.173 e. The molecule has 93 heavy (non-hydrogen) atoms. The van der Waals surface area contributed by atoms with Gasteiger partial charge in [0, 0.05) is 89.6 Å². The summed E-state index contributed by atoms with van der Waals surface area (Å²) in [6, 6.07) is 92.1. The smallest absolute Gasteiger partial charge is 0.173 e. The highest BCUT2D eigenvalue weighted by Gasteiger charge is 2.23. The summed E-state index contributed by atoms with van der Waals surface area (Å²) in [5.74, 6) is 1.32. The fourth-order valence-corrected chi connectivity index (χ4v) is 14.1. The van der Waals surface area contributed by atoms with Gasteiger partial charge in [0.15, 0.2) is 17.2 Å². The van der Waals surface area contributed by atoms with Gasteiger partial charge in [0.1, 0.15) is 37.9 Å². The molecule has 0 saturated heterocycles. The fraction of sp³-hybridized carbons (Fsp3) is 0. The SMILES string of the molecule is c1ccc(-c2cncc(N(c3ccc(-c4nsc(-c5ccc6c(c5)oc5ccccc56)n4)cc3)c3cncc(-c4ccc(-c5ccc6oc7c(N(c8ccccc8)c8ccc(-c9nsc(-c%10cccc%11c%10oc%10ccccc%10%11)n9)cc8)cccc7c6c5)cc4)c3)c2)cc1. The number of anilines is 6. The molecule has 0 atom stereocenters. The van der Waals surface area contributed by atoms with Crippen LogP contribution in [0.2, 0.25) is 0 Å². The Bertz CT molecular complexity index is 5840.